The Hall–Kier alpha value is -3.46. The molecular formula is C21H19ClMnN7O2+. The van der Waals surface area contributed by atoms with E-state index in [4.69, 9.17) is 0 Å². The van der Waals surface area contributed by atoms with Crippen LogP contribution in [0, 0.1) is 0 Å². The van der Waals surface area contributed by atoms with Crippen LogP contribution >= 0.6 is 10.1 Å². The molecule has 2 amide bonds. The number of nitrogens with zero attached hydrogens (tertiary/aromatic N) is 5. The predicted octanol–water partition coefficient (Wildman–Crippen LogP) is 2.87. The van der Waals surface area contributed by atoms with E-state index >= 15 is 0 Å². The molecule has 0 fully saturated rings. The second-order valence-electron chi connectivity index (χ2n) is 6.16. The van der Waals surface area contributed by atoms with Gasteiger partial charge >= 0.3 is 25.2 Å². The number of nitrogens with one attached hydrogen (secondary N) is 2. The summed E-state index contributed by atoms with van der Waals surface area (Å²) in [6.45, 7) is 3.47. The summed E-state index contributed by atoms with van der Waals surface area (Å²) in [7, 11) is 4.45. The second-order valence-corrected chi connectivity index (χ2v) is 6.16. The van der Waals surface area contributed by atoms with Crippen molar-refractivity contribution in [3.05, 3.63) is 89.8 Å². The molecule has 3 heterocycles. The van der Waals surface area contributed by atoms with Crippen molar-refractivity contribution in [1.29, 1.82) is 0 Å². The van der Waals surface area contributed by atoms with E-state index in [9.17, 15) is 9.59 Å². The Labute approximate surface area is 197 Å². The van der Waals surface area contributed by atoms with E-state index in [0.29, 0.717) is 33.9 Å². The molecule has 0 aliphatic heterocycles. The van der Waals surface area contributed by atoms with Crippen molar-refractivity contribution < 1.29 is 24.7 Å². The van der Waals surface area contributed by atoms with Crippen LogP contribution in [-0.4, -0.2) is 38.2 Å². The Morgan fingerprint density at radius 2 is 1.12 bits per heavy atom. The van der Waals surface area contributed by atoms with Crippen LogP contribution in [0.3, 0.4) is 0 Å². The maximum atomic E-state index is 12.1. The third kappa shape index (κ3) is 7.35. The molecule has 163 valence electrons. The van der Waals surface area contributed by atoms with Gasteiger partial charge in [0.2, 0.25) is 0 Å². The quantitative estimate of drug-likeness (QED) is 0.312. The molecule has 3 aromatic rings. The number of amides is 2. The van der Waals surface area contributed by atoms with Crippen LogP contribution in [0.2, 0.25) is 0 Å². The maximum absolute atomic E-state index is 12.1. The zero-order valence-electron chi connectivity index (χ0n) is 17.2. The Bertz CT molecular complexity index is 1020. The molecule has 0 aliphatic carbocycles. The van der Waals surface area contributed by atoms with Crippen molar-refractivity contribution in [3.8, 4) is 0 Å². The monoisotopic (exact) mass is 491 g/mol. The zero-order chi connectivity index (χ0) is 23.3. The van der Waals surface area contributed by atoms with Gasteiger partial charge in [-0.1, -0.05) is 6.07 Å². The van der Waals surface area contributed by atoms with Gasteiger partial charge in [0.05, 0.1) is 22.8 Å². The van der Waals surface area contributed by atoms with E-state index in [2.05, 4.69) is 61.2 Å². The van der Waals surface area contributed by atoms with Crippen LogP contribution in [0.25, 0.3) is 0 Å². The zero-order valence-corrected chi connectivity index (χ0v) is 19.1. The summed E-state index contributed by atoms with van der Waals surface area (Å²) in [6, 6.07) is 11.7. The third-order valence-electron chi connectivity index (χ3n) is 4.03. The molecule has 11 heteroatoms. The molecule has 0 saturated heterocycles. The number of hydrogen-bond acceptors (Lipinski definition) is 7. The van der Waals surface area contributed by atoms with E-state index in [-0.39, 0.29) is 11.8 Å². The molecule has 2 N–H and O–H groups in total. The van der Waals surface area contributed by atoms with Gasteiger partial charge in [0.25, 0.3) is 11.8 Å². The molecular weight excluding hydrogens is 473 g/mol. The minimum atomic E-state index is -0.343. The van der Waals surface area contributed by atoms with Crippen molar-refractivity contribution >= 4 is 33.3 Å². The fourth-order valence-electron chi connectivity index (χ4n) is 2.36. The second kappa shape index (κ2) is 13.1. The van der Waals surface area contributed by atoms with Gasteiger partial charge in [-0.25, -0.2) is 15.8 Å². The Balaban J connectivity index is 0.00000176. The van der Waals surface area contributed by atoms with E-state index in [1.165, 1.54) is 24.8 Å². The number of carbonyl (C=O) groups is 2. The molecule has 0 unspecified atom stereocenters. The number of aromatic nitrogens is 3. The predicted molar refractivity (Wildman–Crippen MR) is 118 cm³/mol. The van der Waals surface area contributed by atoms with Crippen molar-refractivity contribution in [3.63, 3.8) is 0 Å². The van der Waals surface area contributed by atoms with Crippen LogP contribution in [0.4, 0.5) is 0 Å². The topological polar surface area (TPSA) is 122 Å². The van der Waals surface area contributed by atoms with Gasteiger partial charge in [-0.3, -0.25) is 19.6 Å². The first-order valence-corrected chi connectivity index (χ1v) is 10.8. The molecule has 0 bridgehead atoms. The third-order valence-corrected chi connectivity index (χ3v) is 4.03. The minimum absolute atomic E-state index is 0.343. The average Bonchev–Trinajstić information content (AvgIpc) is 2.87. The molecule has 32 heavy (non-hydrogen) atoms. The van der Waals surface area contributed by atoms with Gasteiger partial charge in [-0.05, 0) is 50.2 Å². The first-order valence-electron chi connectivity index (χ1n) is 9.16. The van der Waals surface area contributed by atoms with Gasteiger partial charge in [-0.2, -0.15) is 10.2 Å². The van der Waals surface area contributed by atoms with Crippen LogP contribution < -0.4 is 10.9 Å². The number of hydrazone groups is 2. The number of pyridine rings is 3. The molecule has 9 nitrogen and oxygen atoms in total. The average molecular weight is 492 g/mol. The van der Waals surface area contributed by atoms with Gasteiger partial charge in [0.1, 0.15) is 0 Å². The van der Waals surface area contributed by atoms with Gasteiger partial charge in [-0.15, -0.1) is 0 Å². The fourth-order valence-corrected chi connectivity index (χ4v) is 2.36. The summed E-state index contributed by atoms with van der Waals surface area (Å²) in [5.74, 6) is -0.686. The van der Waals surface area contributed by atoms with Crippen molar-refractivity contribution in [2.75, 3.05) is 0 Å². The molecule has 0 spiro atoms. The number of carbonyl (C=O) groups excluding carboxylic acids is 2. The summed E-state index contributed by atoms with van der Waals surface area (Å²) in [5, 5.41) is 8.21. The molecule has 0 aliphatic rings. The normalized spacial score (nSPS) is 11.1. The summed E-state index contributed by atoms with van der Waals surface area (Å²) in [5.41, 5.74) is 8.07. The van der Waals surface area contributed by atoms with E-state index in [1.54, 1.807) is 56.3 Å². The molecule has 3 aromatic heterocycles. The van der Waals surface area contributed by atoms with E-state index in [1.807, 2.05) is 0 Å². The molecule has 3 rings (SSSR count). The number of hydrogen-bond donors (Lipinski definition) is 2. The Kier molecular flexibility index (Phi) is 10.1. The summed E-state index contributed by atoms with van der Waals surface area (Å²) in [6.07, 6.45) is 6.14. The Morgan fingerprint density at radius 1 is 0.750 bits per heavy atom. The number of rotatable bonds is 6. The van der Waals surface area contributed by atoms with Gasteiger partial charge in [0.15, 0.2) is 0 Å². The summed E-state index contributed by atoms with van der Waals surface area (Å²) >= 11 is 2.41. The van der Waals surface area contributed by atoms with Crippen molar-refractivity contribution in [2.24, 2.45) is 10.2 Å². The van der Waals surface area contributed by atoms with E-state index in [0.717, 1.165) is 0 Å². The standard InChI is InChI=1S/C21H19N7O2.ClH.Mn/c1-14(25-27-20(29)16-6-10-22-11-7-16)18-4-3-5-19(24-18)15(2)26-28-21(30)17-8-12-23-13-9-17;;/h3-13H,1-2H3,(H,27,29)(H,28,30);1H;/q;;+2/p-1. The first kappa shape index (κ1) is 24.8. The van der Waals surface area contributed by atoms with Crippen LogP contribution in [-0.2, 0) is 15.1 Å². The van der Waals surface area contributed by atoms with E-state index < -0.39 is 0 Å². The summed E-state index contributed by atoms with van der Waals surface area (Å²) in [4.78, 5) is 36.4. The number of halogens is 1. The van der Waals surface area contributed by atoms with Crippen LogP contribution in [0.5, 0.6) is 0 Å². The summed E-state index contributed by atoms with van der Waals surface area (Å²) < 4.78 is 0. The molecule has 0 atom stereocenters. The van der Waals surface area contributed by atoms with Crippen LogP contribution in [0.1, 0.15) is 46.0 Å². The van der Waals surface area contributed by atoms with Crippen LogP contribution in [0.15, 0.2) is 77.5 Å². The Morgan fingerprint density at radius 3 is 1.50 bits per heavy atom. The fraction of sp³-hybridized carbons (Fsp3) is 0.0952. The SMILES string of the molecule is CC(=NNC(=O)c1ccncc1)c1cccc(C(C)=NNC(=O)c2ccncc2)n1.[Cl][Mn+]. The first-order chi connectivity index (χ1) is 15.5. The van der Waals surface area contributed by atoms with Crippen molar-refractivity contribution in [2.45, 2.75) is 13.8 Å². The molecule has 0 aromatic carbocycles. The van der Waals surface area contributed by atoms with Gasteiger partial charge < -0.3 is 0 Å². The van der Waals surface area contributed by atoms with Gasteiger partial charge in [0, 0.05) is 35.9 Å². The molecule has 0 saturated carbocycles. The molecule has 0 radical (unpaired) electrons. The van der Waals surface area contributed by atoms with Crippen molar-refractivity contribution in [1.82, 2.24) is 25.8 Å².